The molecule has 2 unspecified atom stereocenters. The van der Waals surface area contributed by atoms with E-state index in [-0.39, 0.29) is 6.04 Å². The number of hydrogen-bond donors (Lipinski definition) is 1. The van der Waals surface area contributed by atoms with Gasteiger partial charge in [-0.15, -0.1) is 0 Å². The molecule has 2 rings (SSSR count). The maximum absolute atomic E-state index is 14.0. The second-order valence-corrected chi connectivity index (χ2v) is 5.23. The smallest absolute Gasteiger partial charge is 0.142 e. The van der Waals surface area contributed by atoms with E-state index in [4.69, 9.17) is 0 Å². The first kappa shape index (κ1) is 10.6. The molecule has 0 spiro atoms. The minimum atomic E-state index is -0.865. The molecule has 1 aliphatic rings. The van der Waals surface area contributed by atoms with Gasteiger partial charge in [-0.1, -0.05) is 6.42 Å². The van der Waals surface area contributed by atoms with Crippen molar-refractivity contribution in [1.82, 2.24) is 5.32 Å². The average molecular weight is 278 g/mol. The molecule has 1 aliphatic heterocycles. The average Bonchev–Trinajstić information content (AvgIpc) is 2.65. The Kier molecular flexibility index (Phi) is 3.57. The lowest BCUT2D eigenvalue weighted by Gasteiger charge is -2.26. The highest BCUT2D eigenvalue weighted by Crippen LogP contribution is 2.33. The summed E-state index contributed by atoms with van der Waals surface area (Å²) >= 11 is 4.92. The Balaban J connectivity index is 2.07. The minimum Gasteiger partial charge on any atom is -0.311 e. The van der Waals surface area contributed by atoms with E-state index in [0.29, 0.717) is 0 Å². The second kappa shape index (κ2) is 4.73. The van der Waals surface area contributed by atoms with Crippen molar-refractivity contribution in [2.75, 3.05) is 6.54 Å². The van der Waals surface area contributed by atoms with Crippen LogP contribution in [0.2, 0.25) is 0 Å². The lowest BCUT2D eigenvalue weighted by molar-refractivity contribution is 0.221. The van der Waals surface area contributed by atoms with Gasteiger partial charge in [0, 0.05) is 21.5 Å². The van der Waals surface area contributed by atoms with Crippen molar-refractivity contribution >= 4 is 27.3 Å². The summed E-state index contributed by atoms with van der Waals surface area (Å²) in [5, 5.41) is 7.07. The molecule has 4 heteroatoms. The van der Waals surface area contributed by atoms with Crippen LogP contribution in [0.15, 0.2) is 15.2 Å². The first-order valence-electron chi connectivity index (χ1n) is 4.88. The van der Waals surface area contributed by atoms with E-state index in [1.807, 2.05) is 10.8 Å². The van der Waals surface area contributed by atoms with Crippen LogP contribution in [0, 0.1) is 0 Å². The van der Waals surface area contributed by atoms with Crippen molar-refractivity contribution in [2.45, 2.75) is 31.5 Å². The molecule has 1 fully saturated rings. The summed E-state index contributed by atoms with van der Waals surface area (Å²) in [7, 11) is 0. The van der Waals surface area contributed by atoms with Crippen molar-refractivity contribution < 1.29 is 4.39 Å². The third-order valence-corrected chi connectivity index (χ3v) is 4.39. The van der Waals surface area contributed by atoms with Crippen molar-refractivity contribution in [3.63, 3.8) is 0 Å². The van der Waals surface area contributed by atoms with E-state index in [1.54, 1.807) is 11.3 Å². The van der Waals surface area contributed by atoms with Gasteiger partial charge in [-0.2, -0.15) is 11.3 Å². The molecule has 78 valence electrons. The van der Waals surface area contributed by atoms with Crippen LogP contribution in [-0.4, -0.2) is 12.6 Å². The fourth-order valence-electron chi connectivity index (χ4n) is 1.83. The largest absolute Gasteiger partial charge is 0.311 e. The topological polar surface area (TPSA) is 12.0 Å². The van der Waals surface area contributed by atoms with Gasteiger partial charge in [-0.05, 0) is 40.7 Å². The lowest BCUT2D eigenvalue weighted by Crippen LogP contribution is -2.37. The Morgan fingerprint density at radius 2 is 2.36 bits per heavy atom. The summed E-state index contributed by atoms with van der Waals surface area (Å²) < 4.78 is 14.9. The summed E-state index contributed by atoms with van der Waals surface area (Å²) in [5.74, 6) is 0. The Morgan fingerprint density at radius 3 is 2.93 bits per heavy atom. The highest BCUT2D eigenvalue weighted by atomic mass is 79.9. The number of piperidine rings is 1. The van der Waals surface area contributed by atoms with E-state index in [2.05, 4.69) is 21.2 Å². The monoisotopic (exact) mass is 277 g/mol. The summed E-state index contributed by atoms with van der Waals surface area (Å²) in [6.45, 7) is 0.951. The Hall–Kier alpha value is 0.0700. The van der Waals surface area contributed by atoms with Crippen molar-refractivity contribution in [3.8, 4) is 0 Å². The molecule has 0 aliphatic carbocycles. The first-order chi connectivity index (χ1) is 6.79. The van der Waals surface area contributed by atoms with Crippen LogP contribution in [-0.2, 0) is 0 Å². The van der Waals surface area contributed by atoms with Crippen LogP contribution in [0.5, 0.6) is 0 Å². The first-order valence-corrected chi connectivity index (χ1v) is 6.61. The summed E-state index contributed by atoms with van der Waals surface area (Å²) in [6, 6.07) is 0.00894. The quantitative estimate of drug-likeness (QED) is 0.870. The van der Waals surface area contributed by atoms with Gasteiger partial charge in [-0.25, -0.2) is 4.39 Å². The second-order valence-electron chi connectivity index (χ2n) is 3.63. The van der Waals surface area contributed by atoms with Crippen LogP contribution in [0.1, 0.15) is 31.0 Å². The molecule has 0 saturated carbocycles. The fourth-order valence-corrected chi connectivity index (χ4v) is 3.37. The summed E-state index contributed by atoms with van der Waals surface area (Å²) in [4.78, 5) is 0. The number of alkyl halides is 1. The number of halogens is 2. The zero-order valence-electron chi connectivity index (χ0n) is 7.80. The van der Waals surface area contributed by atoms with Gasteiger partial charge in [0.1, 0.15) is 6.17 Å². The zero-order chi connectivity index (χ0) is 9.97. The SMILES string of the molecule is FC(c1cscc1Br)C1CCCCN1. The molecule has 1 aromatic heterocycles. The van der Waals surface area contributed by atoms with Crippen molar-refractivity contribution in [2.24, 2.45) is 0 Å². The van der Waals surface area contributed by atoms with E-state index in [1.165, 1.54) is 6.42 Å². The molecule has 1 nitrogen and oxygen atoms in total. The standard InChI is InChI=1S/C10H13BrFNS/c11-8-6-14-5-7(8)10(12)9-3-1-2-4-13-9/h5-6,9-10,13H,1-4H2. The van der Waals surface area contributed by atoms with Gasteiger partial charge < -0.3 is 5.32 Å². The third kappa shape index (κ3) is 2.18. The highest BCUT2D eigenvalue weighted by molar-refractivity contribution is 9.10. The molecule has 0 aromatic carbocycles. The van der Waals surface area contributed by atoms with Gasteiger partial charge in [-0.3, -0.25) is 0 Å². The zero-order valence-corrected chi connectivity index (χ0v) is 10.2. The fraction of sp³-hybridized carbons (Fsp3) is 0.600. The van der Waals surface area contributed by atoms with Gasteiger partial charge in [0.25, 0.3) is 0 Å². The van der Waals surface area contributed by atoms with Gasteiger partial charge >= 0.3 is 0 Å². The molecule has 1 N–H and O–H groups in total. The molecule has 1 saturated heterocycles. The Bertz CT molecular complexity index is 296. The molecule has 0 bridgehead atoms. The number of nitrogens with one attached hydrogen (secondary N) is 1. The highest BCUT2D eigenvalue weighted by Gasteiger charge is 2.26. The molecule has 2 heterocycles. The van der Waals surface area contributed by atoms with Crippen LogP contribution >= 0.6 is 27.3 Å². The number of thiophene rings is 1. The summed E-state index contributed by atoms with van der Waals surface area (Å²) in [6.07, 6.45) is 2.40. The van der Waals surface area contributed by atoms with Crippen LogP contribution < -0.4 is 5.32 Å². The van der Waals surface area contributed by atoms with Gasteiger partial charge in [0.15, 0.2) is 0 Å². The van der Waals surface area contributed by atoms with E-state index in [0.717, 1.165) is 29.4 Å². The minimum absolute atomic E-state index is 0.00894. The molecule has 0 amide bonds. The molecular weight excluding hydrogens is 265 g/mol. The normalized spacial score (nSPS) is 24.9. The van der Waals surface area contributed by atoms with Crippen LogP contribution in [0.3, 0.4) is 0 Å². The maximum Gasteiger partial charge on any atom is 0.142 e. The number of rotatable bonds is 2. The Labute approximate surface area is 95.8 Å². The predicted octanol–water partition coefficient (Wildman–Crippen LogP) is 3.66. The molecule has 0 radical (unpaired) electrons. The summed E-state index contributed by atoms with van der Waals surface area (Å²) in [5.41, 5.74) is 0.800. The van der Waals surface area contributed by atoms with Crippen molar-refractivity contribution in [1.29, 1.82) is 0 Å². The maximum atomic E-state index is 14.0. The molecule has 2 atom stereocenters. The van der Waals surface area contributed by atoms with Crippen LogP contribution in [0.4, 0.5) is 4.39 Å². The van der Waals surface area contributed by atoms with E-state index >= 15 is 0 Å². The van der Waals surface area contributed by atoms with Crippen LogP contribution in [0.25, 0.3) is 0 Å². The number of hydrogen-bond acceptors (Lipinski definition) is 2. The van der Waals surface area contributed by atoms with Gasteiger partial charge in [0.2, 0.25) is 0 Å². The Morgan fingerprint density at radius 1 is 1.50 bits per heavy atom. The van der Waals surface area contributed by atoms with E-state index < -0.39 is 6.17 Å². The van der Waals surface area contributed by atoms with Crippen molar-refractivity contribution in [3.05, 3.63) is 20.8 Å². The predicted molar refractivity (Wildman–Crippen MR) is 61.5 cm³/mol. The molecular formula is C10H13BrFNS. The third-order valence-electron chi connectivity index (χ3n) is 2.64. The lowest BCUT2D eigenvalue weighted by atomic mass is 9.98. The molecule has 1 aromatic rings. The molecule has 14 heavy (non-hydrogen) atoms. The van der Waals surface area contributed by atoms with E-state index in [9.17, 15) is 4.39 Å². The van der Waals surface area contributed by atoms with Gasteiger partial charge in [0.05, 0.1) is 0 Å².